The Morgan fingerprint density at radius 3 is 2.55 bits per heavy atom. The number of carbonyl (C=O) groups is 1. The van der Waals surface area contributed by atoms with Gasteiger partial charge < -0.3 is 24.4 Å². The molecule has 0 unspecified atom stereocenters. The van der Waals surface area contributed by atoms with Gasteiger partial charge in [0.15, 0.2) is 11.5 Å². The number of nitrogens with zero attached hydrogens (tertiary/aromatic N) is 2. The predicted octanol–water partition coefficient (Wildman–Crippen LogP) is 4.72. The van der Waals surface area contributed by atoms with Crippen LogP contribution in [0.1, 0.15) is 37.7 Å². The fourth-order valence-corrected chi connectivity index (χ4v) is 3.75. The number of benzene rings is 2. The van der Waals surface area contributed by atoms with Crippen LogP contribution in [0.15, 0.2) is 47.0 Å². The molecular weight excluding hydrogens is 446 g/mol. The van der Waals surface area contributed by atoms with Gasteiger partial charge in [-0.3, -0.25) is 4.79 Å². The van der Waals surface area contributed by atoms with Gasteiger partial charge >= 0.3 is 5.97 Å². The summed E-state index contributed by atoms with van der Waals surface area (Å²) in [5.74, 6) is 1.48. The van der Waals surface area contributed by atoms with E-state index in [1.54, 1.807) is 7.11 Å². The number of methoxy groups -OCH3 is 1. The van der Waals surface area contributed by atoms with Gasteiger partial charge in [0, 0.05) is 24.2 Å². The number of halogens is 1. The third kappa shape index (κ3) is 6.46. The van der Waals surface area contributed by atoms with E-state index in [2.05, 4.69) is 15.5 Å². The normalized spacial score (nSPS) is 13.5. The quantitative estimate of drug-likeness (QED) is 0.407. The number of rotatable bonds is 10. The van der Waals surface area contributed by atoms with Gasteiger partial charge in [-0.1, -0.05) is 29.4 Å². The zero-order valence-corrected chi connectivity index (χ0v) is 19.3. The molecule has 2 aromatic carbocycles. The predicted molar refractivity (Wildman–Crippen MR) is 126 cm³/mol. The number of aliphatic carboxylic acids is 1. The summed E-state index contributed by atoms with van der Waals surface area (Å²) in [6.45, 7) is 1.03. The van der Waals surface area contributed by atoms with E-state index in [0.29, 0.717) is 36.3 Å². The molecule has 3 aromatic rings. The minimum absolute atomic E-state index is 0. The zero-order chi connectivity index (χ0) is 22.3. The number of aromatic nitrogens is 2. The molecule has 9 heteroatoms. The van der Waals surface area contributed by atoms with E-state index in [-0.39, 0.29) is 24.9 Å². The summed E-state index contributed by atoms with van der Waals surface area (Å²) < 4.78 is 17.1. The van der Waals surface area contributed by atoms with Crippen LogP contribution in [0.25, 0.3) is 22.8 Å². The van der Waals surface area contributed by atoms with Crippen molar-refractivity contribution < 1.29 is 23.9 Å². The van der Waals surface area contributed by atoms with Gasteiger partial charge in [-0.2, -0.15) is 4.98 Å². The van der Waals surface area contributed by atoms with E-state index in [1.165, 1.54) is 12.8 Å². The van der Waals surface area contributed by atoms with E-state index in [1.807, 2.05) is 42.5 Å². The average Bonchev–Trinajstić information content (AvgIpc) is 3.49. The third-order valence-corrected chi connectivity index (χ3v) is 5.49. The van der Waals surface area contributed by atoms with Crippen LogP contribution < -0.4 is 14.8 Å². The van der Waals surface area contributed by atoms with Gasteiger partial charge in [0.25, 0.3) is 5.89 Å². The van der Waals surface area contributed by atoms with Crippen molar-refractivity contribution in [1.82, 2.24) is 15.5 Å². The Morgan fingerprint density at radius 1 is 1.12 bits per heavy atom. The van der Waals surface area contributed by atoms with Crippen molar-refractivity contribution in [2.24, 2.45) is 0 Å². The Kier molecular flexibility index (Phi) is 8.68. The van der Waals surface area contributed by atoms with Gasteiger partial charge in [0.1, 0.15) is 0 Å². The van der Waals surface area contributed by atoms with Crippen molar-refractivity contribution in [1.29, 1.82) is 0 Å². The summed E-state index contributed by atoms with van der Waals surface area (Å²) in [5.41, 5.74) is 2.66. The summed E-state index contributed by atoms with van der Waals surface area (Å²) >= 11 is 0. The first-order valence-corrected chi connectivity index (χ1v) is 10.8. The molecule has 33 heavy (non-hydrogen) atoms. The fraction of sp³-hybridized carbons (Fsp3) is 0.375. The number of nitrogens with one attached hydrogen (secondary N) is 1. The van der Waals surface area contributed by atoms with E-state index >= 15 is 0 Å². The van der Waals surface area contributed by atoms with Crippen LogP contribution in [0.5, 0.6) is 11.5 Å². The van der Waals surface area contributed by atoms with Crippen LogP contribution in [0.4, 0.5) is 0 Å². The van der Waals surface area contributed by atoms with Crippen LogP contribution in [0.3, 0.4) is 0 Å². The highest BCUT2D eigenvalue weighted by molar-refractivity contribution is 5.85. The van der Waals surface area contributed by atoms with Gasteiger partial charge in [-0.15, -0.1) is 12.4 Å². The van der Waals surface area contributed by atoms with Gasteiger partial charge in [-0.25, -0.2) is 0 Å². The van der Waals surface area contributed by atoms with E-state index in [9.17, 15) is 4.79 Å². The molecule has 0 bridgehead atoms. The van der Waals surface area contributed by atoms with Crippen molar-refractivity contribution in [2.75, 3.05) is 13.7 Å². The van der Waals surface area contributed by atoms with Gasteiger partial charge in [0.2, 0.25) is 5.82 Å². The standard InChI is InChI=1S/C24H27N3O5.ClH/c1-30-20-11-10-18(14-21(20)31-19-4-2-3-5-19)24-26-23(27-32-24)17-8-6-16(7-9-17)15-25-13-12-22(28)29;/h6-11,14,19,25H,2-5,12-13,15H2,1H3,(H,28,29);1H. The molecular formula is C24H28ClN3O5. The maximum atomic E-state index is 10.6. The largest absolute Gasteiger partial charge is 0.493 e. The lowest BCUT2D eigenvalue weighted by Gasteiger charge is -2.16. The lowest BCUT2D eigenvalue weighted by Crippen LogP contribution is -2.17. The second-order valence-corrected chi connectivity index (χ2v) is 7.83. The minimum Gasteiger partial charge on any atom is -0.493 e. The molecule has 1 aliphatic rings. The molecule has 1 heterocycles. The molecule has 0 saturated heterocycles. The maximum Gasteiger partial charge on any atom is 0.304 e. The second kappa shape index (κ2) is 11.7. The molecule has 8 nitrogen and oxygen atoms in total. The first kappa shape index (κ1) is 24.5. The summed E-state index contributed by atoms with van der Waals surface area (Å²) in [5, 5.41) is 15.9. The molecule has 0 radical (unpaired) electrons. The summed E-state index contributed by atoms with van der Waals surface area (Å²) in [6.07, 6.45) is 4.82. The number of ether oxygens (including phenoxy) is 2. The Labute approximate surface area is 198 Å². The first-order valence-electron chi connectivity index (χ1n) is 10.8. The lowest BCUT2D eigenvalue weighted by atomic mass is 10.1. The van der Waals surface area contributed by atoms with Crippen molar-refractivity contribution in [3.8, 4) is 34.3 Å². The highest BCUT2D eigenvalue weighted by atomic mass is 35.5. The molecule has 2 N–H and O–H groups in total. The summed E-state index contributed by atoms with van der Waals surface area (Å²) in [7, 11) is 1.63. The van der Waals surface area contributed by atoms with Crippen LogP contribution in [-0.2, 0) is 11.3 Å². The van der Waals surface area contributed by atoms with E-state index < -0.39 is 5.97 Å². The molecule has 0 atom stereocenters. The molecule has 1 saturated carbocycles. The van der Waals surface area contributed by atoms with Crippen LogP contribution in [0.2, 0.25) is 0 Å². The Balaban J connectivity index is 0.00000306. The maximum absolute atomic E-state index is 10.6. The molecule has 1 aromatic heterocycles. The molecule has 1 aliphatic carbocycles. The Hall–Kier alpha value is -3.10. The zero-order valence-electron chi connectivity index (χ0n) is 18.5. The summed E-state index contributed by atoms with van der Waals surface area (Å²) in [6, 6.07) is 13.4. The summed E-state index contributed by atoms with van der Waals surface area (Å²) in [4.78, 5) is 15.1. The van der Waals surface area contributed by atoms with Crippen LogP contribution in [0, 0.1) is 0 Å². The molecule has 0 spiro atoms. The SMILES string of the molecule is COc1ccc(-c2nc(-c3ccc(CNCCC(=O)O)cc3)no2)cc1OC1CCCC1.Cl. The molecule has 0 amide bonds. The average molecular weight is 474 g/mol. The smallest absolute Gasteiger partial charge is 0.304 e. The third-order valence-electron chi connectivity index (χ3n) is 5.49. The second-order valence-electron chi connectivity index (χ2n) is 7.83. The monoisotopic (exact) mass is 473 g/mol. The van der Waals surface area contributed by atoms with Crippen molar-refractivity contribution in [3.05, 3.63) is 48.0 Å². The van der Waals surface area contributed by atoms with Crippen LogP contribution >= 0.6 is 12.4 Å². The van der Waals surface area contributed by atoms with Crippen molar-refractivity contribution in [2.45, 2.75) is 44.8 Å². The minimum atomic E-state index is -0.810. The highest BCUT2D eigenvalue weighted by Crippen LogP contribution is 2.35. The van der Waals surface area contributed by atoms with E-state index in [4.69, 9.17) is 19.1 Å². The molecule has 176 valence electrons. The number of hydrogen-bond acceptors (Lipinski definition) is 7. The number of hydrogen-bond donors (Lipinski definition) is 2. The Morgan fingerprint density at radius 2 is 1.85 bits per heavy atom. The van der Waals surface area contributed by atoms with Crippen molar-refractivity contribution in [3.63, 3.8) is 0 Å². The topological polar surface area (TPSA) is 107 Å². The molecule has 4 rings (SSSR count). The molecule has 0 aliphatic heterocycles. The lowest BCUT2D eigenvalue weighted by molar-refractivity contribution is -0.136. The van der Waals surface area contributed by atoms with Gasteiger partial charge in [0.05, 0.1) is 19.6 Å². The Bertz CT molecular complexity index is 1050. The number of carboxylic acid groups (broad SMARTS) is 1. The van der Waals surface area contributed by atoms with Crippen LogP contribution in [-0.4, -0.2) is 41.0 Å². The molecule has 1 fully saturated rings. The fourth-order valence-electron chi connectivity index (χ4n) is 3.75. The van der Waals surface area contributed by atoms with Gasteiger partial charge in [-0.05, 0) is 49.4 Å². The first-order chi connectivity index (χ1) is 15.6. The highest BCUT2D eigenvalue weighted by Gasteiger charge is 2.20. The number of carboxylic acids is 1. The van der Waals surface area contributed by atoms with E-state index in [0.717, 1.165) is 29.5 Å². The van der Waals surface area contributed by atoms with Crippen molar-refractivity contribution >= 4 is 18.4 Å².